The Morgan fingerprint density at radius 2 is 2.18 bits per heavy atom. The average Bonchev–Trinajstić information content (AvgIpc) is 3.15. The van der Waals surface area contributed by atoms with Crippen LogP contribution < -0.4 is 10.5 Å². The quantitative estimate of drug-likeness (QED) is 0.892. The monoisotopic (exact) mass is 366 g/mol. The lowest BCUT2D eigenvalue weighted by Crippen LogP contribution is -2.35. The summed E-state index contributed by atoms with van der Waals surface area (Å²) < 4.78 is 6.52. The summed E-state index contributed by atoms with van der Waals surface area (Å²) in [5, 5.41) is 0. The molecule has 3 unspecified atom stereocenters. The second-order valence-electron chi connectivity index (χ2n) is 6.35. The topological polar surface area (TPSA) is 55.6 Å². The van der Waals surface area contributed by atoms with E-state index >= 15 is 0 Å². The summed E-state index contributed by atoms with van der Waals surface area (Å²) in [6.45, 7) is 0.838. The van der Waals surface area contributed by atoms with Crippen LogP contribution in [0.15, 0.2) is 22.7 Å². The zero-order valence-corrected chi connectivity index (χ0v) is 14.5. The number of hydrogen-bond acceptors (Lipinski definition) is 3. The SMILES string of the molecule is COc1ccc(Br)cc1C1CCCN1C(=O)C1CCC(N)C1. The predicted octanol–water partition coefficient (Wildman–Crippen LogP) is 3.25. The van der Waals surface area contributed by atoms with Crippen LogP contribution in [0.5, 0.6) is 5.75 Å². The number of likely N-dealkylation sites (tertiary alicyclic amines) is 1. The van der Waals surface area contributed by atoms with E-state index in [2.05, 4.69) is 22.0 Å². The van der Waals surface area contributed by atoms with Gasteiger partial charge in [-0.2, -0.15) is 0 Å². The highest BCUT2D eigenvalue weighted by atomic mass is 79.9. The maximum absolute atomic E-state index is 12.9. The summed E-state index contributed by atoms with van der Waals surface area (Å²) in [4.78, 5) is 14.9. The molecule has 120 valence electrons. The van der Waals surface area contributed by atoms with Crippen molar-refractivity contribution in [2.45, 2.75) is 44.2 Å². The first kappa shape index (κ1) is 15.8. The second kappa shape index (κ2) is 6.59. The van der Waals surface area contributed by atoms with Gasteiger partial charge in [-0.25, -0.2) is 0 Å². The Hall–Kier alpha value is -1.07. The first-order chi connectivity index (χ1) is 10.6. The molecule has 0 radical (unpaired) electrons. The van der Waals surface area contributed by atoms with Gasteiger partial charge in [0.05, 0.1) is 13.2 Å². The largest absolute Gasteiger partial charge is 0.496 e. The third-order valence-corrected chi connectivity index (χ3v) is 5.40. The third kappa shape index (κ3) is 3.01. The summed E-state index contributed by atoms with van der Waals surface area (Å²) >= 11 is 3.53. The minimum Gasteiger partial charge on any atom is -0.496 e. The molecular formula is C17H23BrN2O2. The van der Waals surface area contributed by atoms with Gasteiger partial charge in [0.1, 0.15) is 5.75 Å². The number of methoxy groups -OCH3 is 1. The third-order valence-electron chi connectivity index (χ3n) is 4.91. The number of nitrogens with two attached hydrogens (primary N) is 1. The standard InChI is InChI=1S/C17H23BrN2O2/c1-22-16-7-5-12(18)10-14(16)15-3-2-8-20(15)17(21)11-4-6-13(19)9-11/h5,7,10-11,13,15H,2-4,6,8-9,19H2,1H3. The highest BCUT2D eigenvalue weighted by molar-refractivity contribution is 9.10. The smallest absolute Gasteiger partial charge is 0.226 e. The van der Waals surface area contributed by atoms with Gasteiger partial charge in [-0.3, -0.25) is 4.79 Å². The molecule has 1 saturated heterocycles. The number of rotatable bonds is 3. The molecule has 1 aliphatic carbocycles. The molecule has 5 heteroatoms. The molecule has 4 nitrogen and oxygen atoms in total. The van der Waals surface area contributed by atoms with Crippen LogP contribution in [0.4, 0.5) is 0 Å². The molecule has 0 aromatic heterocycles. The van der Waals surface area contributed by atoms with Crippen molar-refractivity contribution in [3.8, 4) is 5.75 Å². The van der Waals surface area contributed by atoms with E-state index in [9.17, 15) is 4.79 Å². The Morgan fingerprint density at radius 3 is 2.86 bits per heavy atom. The van der Waals surface area contributed by atoms with Crippen molar-refractivity contribution in [3.63, 3.8) is 0 Å². The van der Waals surface area contributed by atoms with Gasteiger partial charge >= 0.3 is 0 Å². The molecule has 1 aromatic rings. The molecular weight excluding hydrogens is 344 g/mol. The van der Waals surface area contributed by atoms with Gasteiger partial charge in [0, 0.05) is 28.5 Å². The van der Waals surface area contributed by atoms with Crippen LogP contribution in [0.2, 0.25) is 0 Å². The number of carbonyl (C=O) groups excluding carboxylic acids is 1. The Labute approximate surface area is 140 Å². The first-order valence-corrected chi connectivity index (χ1v) is 8.79. The minimum atomic E-state index is 0.105. The van der Waals surface area contributed by atoms with Crippen LogP contribution in [0.1, 0.15) is 43.7 Å². The van der Waals surface area contributed by atoms with E-state index in [4.69, 9.17) is 10.5 Å². The predicted molar refractivity (Wildman–Crippen MR) is 89.7 cm³/mol. The van der Waals surface area contributed by atoms with Crippen molar-refractivity contribution < 1.29 is 9.53 Å². The van der Waals surface area contributed by atoms with E-state index in [0.29, 0.717) is 0 Å². The number of carbonyl (C=O) groups is 1. The number of hydrogen-bond donors (Lipinski definition) is 1. The maximum Gasteiger partial charge on any atom is 0.226 e. The van der Waals surface area contributed by atoms with Gasteiger partial charge in [0.2, 0.25) is 5.91 Å². The number of halogens is 1. The van der Waals surface area contributed by atoms with Crippen molar-refractivity contribution >= 4 is 21.8 Å². The summed E-state index contributed by atoms with van der Waals surface area (Å²) in [6, 6.07) is 6.33. The van der Waals surface area contributed by atoms with Gasteiger partial charge in [0.15, 0.2) is 0 Å². The van der Waals surface area contributed by atoms with Crippen LogP contribution >= 0.6 is 15.9 Å². The van der Waals surface area contributed by atoms with E-state index in [1.807, 2.05) is 17.0 Å². The lowest BCUT2D eigenvalue weighted by Gasteiger charge is -2.29. The highest BCUT2D eigenvalue weighted by Gasteiger charge is 2.37. The highest BCUT2D eigenvalue weighted by Crippen LogP contribution is 2.40. The molecule has 1 amide bonds. The molecule has 2 fully saturated rings. The molecule has 1 aromatic carbocycles. The van der Waals surface area contributed by atoms with E-state index in [-0.39, 0.29) is 23.9 Å². The van der Waals surface area contributed by atoms with Gasteiger partial charge in [-0.05, 0) is 50.3 Å². The van der Waals surface area contributed by atoms with Crippen LogP contribution in [-0.2, 0) is 4.79 Å². The second-order valence-corrected chi connectivity index (χ2v) is 7.26. The fourth-order valence-electron chi connectivity index (χ4n) is 3.79. The number of amides is 1. The van der Waals surface area contributed by atoms with E-state index in [1.165, 1.54) is 0 Å². The number of benzene rings is 1. The van der Waals surface area contributed by atoms with Gasteiger partial charge in [0.25, 0.3) is 0 Å². The molecule has 1 heterocycles. The molecule has 0 bridgehead atoms. The molecule has 2 N–H and O–H groups in total. The van der Waals surface area contributed by atoms with Crippen molar-refractivity contribution in [3.05, 3.63) is 28.2 Å². The van der Waals surface area contributed by atoms with Gasteiger partial charge in [-0.15, -0.1) is 0 Å². The fourth-order valence-corrected chi connectivity index (χ4v) is 4.17. The summed E-state index contributed by atoms with van der Waals surface area (Å²) in [5.41, 5.74) is 7.08. The van der Waals surface area contributed by atoms with E-state index < -0.39 is 0 Å². The van der Waals surface area contributed by atoms with Crippen molar-refractivity contribution in [1.82, 2.24) is 4.90 Å². The van der Waals surface area contributed by atoms with Crippen LogP contribution in [0, 0.1) is 5.92 Å². The molecule has 2 aliphatic rings. The van der Waals surface area contributed by atoms with E-state index in [1.54, 1.807) is 7.11 Å². The van der Waals surface area contributed by atoms with Gasteiger partial charge < -0.3 is 15.4 Å². The van der Waals surface area contributed by atoms with Crippen molar-refractivity contribution in [2.75, 3.05) is 13.7 Å². The van der Waals surface area contributed by atoms with Crippen molar-refractivity contribution in [1.29, 1.82) is 0 Å². The molecule has 0 spiro atoms. The molecule has 22 heavy (non-hydrogen) atoms. The summed E-state index contributed by atoms with van der Waals surface area (Å²) in [5.74, 6) is 1.24. The van der Waals surface area contributed by atoms with E-state index in [0.717, 1.165) is 54.4 Å². The maximum atomic E-state index is 12.9. The minimum absolute atomic E-state index is 0.105. The first-order valence-electron chi connectivity index (χ1n) is 7.99. The van der Waals surface area contributed by atoms with Crippen LogP contribution in [0.25, 0.3) is 0 Å². The lowest BCUT2D eigenvalue weighted by molar-refractivity contribution is -0.136. The zero-order valence-electron chi connectivity index (χ0n) is 12.9. The molecule has 3 rings (SSSR count). The van der Waals surface area contributed by atoms with Gasteiger partial charge in [-0.1, -0.05) is 15.9 Å². The molecule has 3 atom stereocenters. The van der Waals surface area contributed by atoms with Crippen molar-refractivity contribution in [2.24, 2.45) is 11.7 Å². The normalized spacial score (nSPS) is 28.1. The molecule has 1 aliphatic heterocycles. The fraction of sp³-hybridized carbons (Fsp3) is 0.588. The molecule has 1 saturated carbocycles. The lowest BCUT2D eigenvalue weighted by atomic mass is 10.0. The Balaban J connectivity index is 1.84. The number of ether oxygens (including phenoxy) is 1. The summed E-state index contributed by atoms with van der Waals surface area (Å²) in [6.07, 6.45) is 4.77. The van der Waals surface area contributed by atoms with Crippen LogP contribution in [-0.4, -0.2) is 30.5 Å². The average molecular weight is 367 g/mol. The zero-order chi connectivity index (χ0) is 15.7. The Kier molecular flexibility index (Phi) is 4.73. The summed E-state index contributed by atoms with van der Waals surface area (Å²) in [7, 11) is 1.68. The number of nitrogens with zero attached hydrogens (tertiary/aromatic N) is 1. The Morgan fingerprint density at radius 1 is 1.36 bits per heavy atom. The Bertz CT molecular complexity index is 564. The van der Waals surface area contributed by atoms with Crippen LogP contribution in [0.3, 0.4) is 0 Å².